The average Bonchev–Trinajstić information content (AvgIpc) is 2.87. The fourth-order valence-corrected chi connectivity index (χ4v) is 4.03. The van der Waals surface area contributed by atoms with Gasteiger partial charge in [0.05, 0.1) is 24.6 Å². The number of hydrogen-bond acceptors (Lipinski definition) is 9. The van der Waals surface area contributed by atoms with E-state index in [1.807, 2.05) is 13.8 Å². The number of aliphatic hydroxyl groups excluding tert-OH is 1. The molecule has 0 fully saturated rings. The molecule has 0 heterocycles. The first-order chi connectivity index (χ1) is 19.8. The molecule has 7 atom stereocenters. The van der Waals surface area contributed by atoms with Gasteiger partial charge in [0.2, 0.25) is 29.5 Å². The molecule has 0 aromatic rings. The Morgan fingerprint density at radius 3 is 1.79 bits per heavy atom. The molecule has 43 heavy (non-hydrogen) atoms. The highest BCUT2D eigenvalue weighted by molar-refractivity contribution is 5.95. The molecule has 0 spiro atoms. The van der Waals surface area contributed by atoms with Crippen molar-refractivity contribution in [3.8, 4) is 0 Å². The first-order valence-corrected chi connectivity index (χ1v) is 14.1. The molecule has 11 N–H and O–H groups in total. The first-order valence-electron chi connectivity index (χ1n) is 14.1. The van der Waals surface area contributed by atoms with Crippen molar-refractivity contribution >= 4 is 41.5 Å². The largest absolute Gasteiger partial charge is 0.481 e. The van der Waals surface area contributed by atoms with Crippen LogP contribution in [-0.4, -0.2) is 93.1 Å². The van der Waals surface area contributed by atoms with Gasteiger partial charge in [-0.1, -0.05) is 34.6 Å². The number of nitrogens with two attached hydrogens (primary N) is 2. The van der Waals surface area contributed by atoms with E-state index in [9.17, 15) is 38.7 Å². The maximum absolute atomic E-state index is 13.3. The number of primary amides is 1. The van der Waals surface area contributed by atoms with E-state index >= 15 is 0 Å². The van der Waals surface area contributed by atoms with Crippen LogP contribution in [0.25, 0.3) is 0 Å². The summed E-state index contributed by atoms with van der Waals surface area (Å²) < 4.78 is 0. The number of hydrogen-bond donors (Lipinski definition) is 9. The molecule has 0 rings (SSSR count). The zero-order chi connectivity index (χ0) is 33.6. The average molecular weight is 617 g/mol. The molecule has 0 bridgehead atoms. The Morgan fingerprint density at radius 1 is 0.744 bits per heavy atom. The lowest BCUT2D eigenvalue weighted by Gasteiger charge is -2.30. The van der Waals surface area contributed by atoms with Crippen LogP contribution in [0, 0.1) is 17.8 Å². The Balaban J connectivity index is 5.72. The number of rotatable bonds is 20. The van der Waals surface area contributed by atoms with Crippen molar-refractivity contribution in [2.24, 2.45) is 29.2 Å². The van der Waals surface area contributed by atoms with Crippen LogP contribution in [-0.2, 0) is 33.6 Å². The van der Waals surface area contributed by atoms with E-state index in [1.54, 1.807) is 13.8 Å². The van der Waals surface area contributed by atoms with Crippen molar-refractivity contribution in [2.45, 2.75) is 110 Å². The van der Waals surface area contributed by atoms with Gasteiger partial charge in [-0.05, 0) is 38.0 Å². The number of aliphatic carboxylic acids is 2. The zero-order valence-electron chi connectivity index (χ0n) is 25.6. The molecule has 0 unspecified atom stereocenters. The molecule has 0 radical (unpaired) electrons. The fourth-order valence-electron chi connectivity index (χ4n) is 4.03. The molecule has 5 amide bonds. The Labute approximate surface area is 251 Å². The maximum atomic E-state index is 13.3. The molecule has 0 saturated heterocycles. The lowest BCUT2D eigenvalue weighted by atomic mass is 9.92. The van der Waals surface area contributed by atoms with Crippen LogP contribution in [0.15, 0.2) is 0 Å². The summed E-state index contributed by atoms with van der Waals surface area (Å²) in [6.45, 7) is 9.67. The van der Waals surface area contributed by atoms with Gasteiger partial charge in [-0.15, -0.1) is 0 Å². The molecule has 16 nitrogen and oxygen atoms in total. The standard InChI is InChI=1S/C27H48N6O10/c1-12(2)9-17(19(34)10-14(5)23(38)30-15(6)27(42)43)31-25(40)18(11-20(29)35)32-26(41)22(13(3)4)33-24(39)16(28)7-8-21(36)37/h12-19,22,34H,7-11,28H2,1-6H3,(H2,29,35)(H,30,38)(H,31,40)(H,32,41)(H,33,39)(H,36,37)(H,42,43)/t14-,15+,16+,17+,18+,19+,22+/m1/s1. The summed E-state index contributed by atoms with van der Waals surface area (Å²) in [5, 5.41) is 38.5. The van der Waals surface area contributed by atoms with Gasteiger partial charge in [-0.2, -0.15) is 0 Å². The molecule has 246 valence electrons. The van der Waals surface area contributed by atoms with Crippen LogP contribution in [0.3, 0.4) is 0 Å². The van der Waals surface area contributed by atoms with Crippen LogP contribution in [0.4, 0.5) is 0 Å². The lowest BCUT2D eigenvalue weighted by Crippen LogP contribution is -2.59. The highest BCUT2D eigenvalue weighted by atomic mass is 16.4. The van der Waals surface area contributed by atoms with Crippen LogP contribution in [0.2, 0.25) is 0 Å². The first kappa shape index (κ1) is 39.2. The van der Waals surface area contributed by atoms with E-state index in [4.69, 9.17) is 21.7 Å². The summed E-state index contributed by atoms with van der Waals surface area (Å²) in [6.07, 6.45) is -2.27. The predicted molar refractivity (Wildman–Crippen MR) is 154 cm³/mol. The van der Waals surface area contributed by atoms with Gasteiger partial charge in [0.25, 0.3) is 0 Å². The molecule has 0 aliphatic rings. The number of carboxylic acids is 2. The second-order valence-corrected chi connectivity index (χ2v) is 11.5. The SMILES string of the molecule is CC(C)C[C@H](NC(=O)[C@H](CC(N)=O)NC(=O)[C@@H](NC(=O)[C@@H](N)CCC(=O)O)C(C)C)[C@@H](O)C[C@@H](C)C(=O)N[C@@H](C)C(=O)O. The summed E-state index contributed by atoms with van der Waals surface area (Å²) in [5.41, 5.74) is 11.0. The van der Waals surface area contributed by atoms with E-state index in [0.717, 1.165) is 0 Å². The quantitative estimate of drug-likeness (QED) is 0.0734. The van der Waals surface area contributed by atoms with E-state index in [-0.39, 0.29) is 31.6 Å². The van der Waals surface area contributed by atoms with Gasteiger partial charge in [0.15, 0.2) is 0 Å². The van der Waals surface area contributed by atoms with Crippen molar-refractivity contribution in [1.29, 1.82) is 0 Å². The van der Waals surface area contributed by atoms with Crippen molar-refractivity contribution in [1.82, 2.24) is 21.3 Å². The molecule has 16 heteroatoms. The van der Waals surface area contributed by atoms with E-state index < -0.39 is 96.0 Å². The Bertz CT molecular complexity index is 1000. The van der Waals surface area contributed by atoms with E-state index in [2.05, 4.69) is 21.3 Å². The zero-order valence-corrected chi connectivity index (χ0v) is 25.6. The molecule has 0 saturated carbocycles. The van der Waals surface area contributed by atoms with Crippen molar-refractivity contribution in [2.75, 3.05) is 0 Å². The number of aliphatic hydroxyl groups is 1. The van der Waals surface area contributed by atoms with Crippen molar-refractivity contribution in [3.05, 3.63) is 0 Å². The molecule has 0 aromatic carbocycles. The number of carboxylic acid groups (broad SMARTS) is 2. The lowest BCUT2D eigenvalue weighted by molar-refractivity contribution is -0.142. The summed E-state index contributed by atoms with van der Waals surface area (Å²) >= 11 is 0. The number of carbonyl (C=O) groups is 7. The van der Waals surface area contributed by atoms with Crippen LogP contribution >= 0.6 is 0 Å². The minimum Gasteiger partial charge on any atom is -0.481 e. The van der Waals surface area contributed by atoms with Crippen molar-refractivity contribution < 1.29 is 48.9 Å². The number of amides is 5. The monoisotopic (exact) mass is 616 g/mol. The summed E-state index contributed by atoms with van der Waals surface area (Å²) in [7, 11) is 0. The van der Waals surface area contributed by atoms with Crippen molar-refractivity contribution in [3.63, 3.8) is 0 Å². The van der Waals surface area contributed by atoms with Gasteiger partial charge >= 0.3 is 11.9 Å². The number of nitrogens with one attached hydrogen (secondary N) is 4. The molecular formula is C27H48N6O10. The van der Waals surface area contributed by atoms with Gasteiger partial charge in [0, 0.05) is 12.3 Å². The highest BCUT2D eigenvalue weighted by Crippen LogP contribution is 2.16. The molecule has 0 aliphatic carbocycles. The van der Waals surface area contributed by atoms with Crippen LogP contribution < -0.4 is 32.7 Å². The second kappa shape index (κ2) is 18.7. The minimum atomic E-state index is -1.48. The highest BCUT2D eigenvalue weighted by Gasteiger charge is 2.33. The molecule has 0 aromatic heterocycles. The van der Waals surface area contributed by atoms with Gasteiger partial charge in [-0.25, -0.2) is 0 Å². The Hall–Kier alpha value is -3.79. The Morgan fingerprint density at radius 2 is 1.33 bits per heavy atom. The fraction of sp³-hybridized carbons (Fsp3) is 0.741. The van der Waals surface area contributed by atoms with Gasteiger partial charge < -0.3 is 48.1 Å². The molecular weight excluding hydrogens is 568 g/mol. The Kier molecular flexibility index (Phi) is 17.0. The van der Waals surface area contributed by atoms with Gasteiger partial charge in [0.1, 0.15) is 18.1 Å². The van der Waals surface area contributed by atoms with Crippen LogP contribution in [0.5, 0.6) is 0 Å². The summed E-state index contributed by atoms with van der Waals surface area (Å²) in [6, 6.07) is -5.94. The summed E-state index contributed by atoms with van der Waals surface area (Å²) in [5.74, 6) is -7.70. The maximum Gasteiger partial charge on any atom is 0.325 e. The third-order valence-electron chi connectivity index (χ3n) is 6.58. The minimum absolute atomic E-state index is 0.0360. The third-order valence-corrected chi connectivity index (χ3v) is 6.58. The van der Waals surface area contributed by atoms with E-state index in [1.165, 1.54) is 13.8 Å². The third kappa shape index (κ3) is 15.3. The normalized spacial score (nSPS) is 16.1. The van der Waals surface area contributed by atoms with Gasteiger partial charge in [-0.3, -0.25) is 33.6 Å². The predicted octanol–water partition coefficient (Wildman–Crippen LogP) is -1.81. The van der Waals surface area contributed by atoms with Crippen LogP contribution in [0.1, 0.15) is 73.6 Å². The number of carbonyl (C=O) groups excluding carboxylic acids is 5. The summed E-state index contributed by atoms with van der Waals surface area (Å²) in [4.78, 5) is 84.8. The smallest absolute Gasteiger partial charge is 0.325 e. The topological polar surface area (TPSA) is 280 Å². The van der Waals surface area contributed by atoms with E-state index in [0.29, 0.717) is 0 Å². The second-order valence-electron chi connectivity index (χ2n) is 11.5. The molecule has 0 aliphatic heterocycles.